The van der Waals surface area contributed by atoms with Crippen LogP contribution < -0.4 is 20.1 Å². The Balaban J connectivity index is 2.49. The van der Waals surface area contributed by atoms with Gasteiger partial charge in [0.15, 0.2) is 0 Å². The van der Waals surface area contributed by atoms with Gasteiger partial charge in [0.05, 0.1) is 18.7 Å². The zero-order valence-corrected chi connectivity index (χ0v) is 14.7. The topological polar surface area (TPSA) is 95.1 Å². The smallest absolute Gasteiger partial charge is 0.450 e. The van der Waals surface area contributed by atoms with Crippen LogP contribution in [0.1, 0.15) is 12.5 Å². The summed E-state index contributed by atoms with van der Waals surface area (Å²) in [5.41, 5.74) is 0.845. The molecule has 0 spiro atoms. The molecule has 0 atom stereocenters. The van der Waals surface area contributed by atoms with Crippen LogP contribution in [-0.2, 0) is 16.2 Å². The highest BCUT2D eigenvalue weighted by Gasteiger charge is 2.11. The van der Waals surface area contributed by atoms with Crippen molar-refractivity contribution >= 4 is 28.1 Å². The monoisotopic (exact) mass is 390 g/mol. The minimum absolute atomic E-state index is 0.263. The molecule has 2 N–H and O–H groups in total. The number of nitrogens with one attached hydrogen (secondary N) is 2. The standard InChI is InChI=1S/C14H19BrN2O6/c1-4-16-13(18)22-23-14(19)17-6-5-9-7-12(21-3)10(15)8-11(9)20-2/h7-8H,4-6H2,1-3H3,(H,16,18)(H,17,19). The number of hydrogen-bond acceptors (Lipinski definition) is 6. The first-order valence-corrected chi connectivity index (χ1v) is 7.61. The second-order valence-corrected chi connectivity index (χ2v) is 5.10. The molecule has 0 saturated carbocycles. The first kappa shape index (κ1) is 18.9. The van der Waals surface area contributed by atoms with E-state index in [0.29, 0.717) is 24.5 Å². The molecule has 1 rings (SSSR count). The highest BCUT2D eigenvalue weighted by Crippen LogP contribution is 2.32. The lowest BCUT2D eigenvalue weighted by Gasteiger charge is -2.12. The van der Waals surface area contributed by atoms with Gasteiger partial charge in [-0.2, -0.15) is 0 Å². The van der Waals surface area contributed by atoms with E-state index in [-0.39, 0.29) is 6.54 Å². The third-order valence-corrected chi connectivity index (χ3v) is 3.35. The molecule has 8 nitrogen and oxygen atoms in total. The molecule has 1 aromatic rings. The van der Waals surface area contributed by atoms with E-state index in [1.54, 1.807) is 33.3 Å². The lowest BCUT2D eigenvalue weighted by Crippen LogP contribution is -2.30. The number of methoxy groups -OCH3 is 2. The average molecular weight is 391 g/mol. The fourth-order valence-corrected chi connectivity index (χ4v) is 2.18. The van der Waals surface area contributed by atoms with Gasteiger partial charge in [-0.15, -0.1) is 0 Å². The molecule has 0 unspecified atom stereocenters. The lowest BCUT2D eigenvalue weighted by molar-refractivity contribution is -0.178. The quantitative estimate of drug-likeness (QED) is 0.571. The van der Waals surface area contributed by atoms with Gasteiger partial charge >= 0.3 is 12.2 Å². The number of ether oxygens (including phenoxy) is 2. The third kappa shape index (κ3) is 6.23. The molecule has 0 heterocycles. The third-order valence-electron chi connectivity index (χ3n) is 2.73. The van der Waals surface area contributed by atoms with E-state index < -0.39 is 12.2 Å². The number of benzene rings is 1. The molecule has 128 valence electrons. The van der Waals surface area contributed by atoms with E-state index in [4.69, 9.17) is 9.47 Å². The molecule has 0 aliphatic heterocycles. The Morgan fingerprint density at radius 2 is 1.65 bits per heavy atom. The Labute approximate surface area is 142 Å². The lowest BCUT2D eigenvalue weighted by atomic mass is 10.1. The molecule has 0 aliphatic rings. The Hall–Kier alpha value is -2.16. The summed E-state index contributed by atoms with van der Waals surface area (Å²) in [6, 6.07) is 3.59. The summed E-state index contributed by atoms with van der Waals surface area (Å²) in [6.07, 6.45) is -1.22. The largest absolute Gasteiger partial charge is 0.496 e. The summed E-state index contributed by atoms with van der Waals surface area (Å²) in [7, 11) is 3.12. The minimum atomic E-state index is -0.862. The van der Waals surface area contributed by atoms with Crippen molar-refractivity contribution in [2.45, 2.75) is 13.3 Å². The van der Waals surface area contributed by atoms with Gasteiger partial charge in [0.25, 0.3) is 0 Å². The van der Waals surface area contributed by atoms with Crippen molar-refractivity contribution < 1.29 is 28.8 Å². The first-order valence-electron chi connectivity index (χ1n) is 6.82. The number of carbonyl (C=O) groups excluding carboxylic acids is 2. The maximum absolute atomic E-state index is 11.4. The van der Waals surface area contributed by atoms with Crippen LogP contribution in [0.3, 0.4) is 0 Å². The van der Waals surface area contributed by atoms with Crippen molar-refractivity contribution in [2.75, 3.05) is 27.3 Å². The summed E-state index contributed by atoms with van der Waals surface area (Å²) in [5, 5.41) is 4.77. The number of hydrogen-bond donors (Lipinski definition) is 2. The van der Waals surface area contributed by atoms with E-state index >= 15 is 0 Å². The van der Waals surface area contributed by atoms with Crippen LogP contribution in [0.4, 0.5) is 9.59 Å². The van der Waals surface area contributed by atoms with Crippen molar-refractivity contribution in [1.29, 1.82) is 0 Å². The number of halogens is 1. The zero-order chi connectivity index (χ0) is 17.2. The van der Waals surface area contributed by atoms with Gasteiger partial charge in [0.2, 0.25) is 0 Å². The molecular weight excluding hydrogens is 372 g/mol. The van der Waals surface area contributed by atoms with Crippen LogP contribution in [0.25, 0.3) is 0 Å². The molecule has 0 saturated heterocycles. The molecule has 9 heteroatoms. The fraction of sp³-hybridized carbons (Fsp3) is 0.429. The van der Waals surface area contributed by atoms with Crippen molar-refractivity contribution in [3.63, 3.8) is 0 Å². The molecule has 0 aliphatic carbocycles. The maximum atomic E-state index is 11.4. The number of carbonyl (C=O) groups is 2. The molecule has 2 amide bonds. The number of amides is 2. The summed E-state index contributed by atoms with van der Waals surface area (Å²) in [4.78, 5) is 30.8. The SMILES string of the molecule is CCNC(=O)OOC(=O)NCCc1cc(OC)c(Br)cc1OC. The summed E-state index contributed by atoms with van der Waals surface area (Å²) in [5.74, 6) is 1.31. The molecule has 0 fully saturated rings. The summed E-state index contributed by atoms with van der Waals surface area (Å²) < 4.78 is 11.3. The van der Waals surface area contributed by atoms with Gasteiger partial charge in [-0.25, -0.2) is 19.4 Å². The second-order valence-electron chi connectivity index (χ2n) is 4.25. The van der Waals surface area contributed by atoms with Crippen LogP contribution in [0.5, 0.6) is 11.5 Å². The van der Waals surface area contributed by atoms with E-state index in [2.05, 4.69) is 36.3 Å². The Morgan fingerprint density at radius 1 is 1.04 bits per heavy atom. The molecule has 0 bridgehead atoms. The van der Waals surface area contributed by atoms with Gasteiger partial charge in [-0.3, -0.25) is 0 Å². The predicted octanol–water partition coefficient (Wildman–Crippen LogP) is 2.40. The Kier molecular flexibility index (Phi) is 8.03. The minimum Gasteiger partial charge on any atom is -0.496 e. The van der Waals surface area contributed by atoms with Gasteiger partial charge in [-0.05, 0) is 47.0 Å². The summed E-state index contributed by atoms with van der Waals surface area (Å²) in [6.45, 7) is 2.34. The van der Waals surface area contributed by atoms with Crippen LogP contribution in [0.15, 0.2) is 16.6 Å². The predicted molar refractivity (Wildman–Crippen MR) is 85.6 cm³/mol. The van der Waals surface area contributed by atoms with Crippen molar-refractivity contribution in [3.8, 4) is 11.5 Å². The van der Waals surface area contributed by atoms with Crippen molar-refractivity contribution in [2.24, 2.45) is 0 Å². The van der Waals surface area contributed by atoms with Crippen LogP contribution in [0.2, 0.25) is 0 Å². The fourth-order valence-electron chi connectivity index (χ4n) is 1.70. The van der Waals surface area contributed by atoms with Gasteiger partial charge in [0.1, 0.15) is 11.5 Å². The molecule has 23 heavy (non-hydrogen) atoms. The van der Waals surface area contributed by atoms with Gasteiger partial charge in [-0.1, -0.05) is 0 Å². The zero-order valence-electron chi connectivity index (χ0n) is 13.1. The van der Waals surface area contributed by atoms with E-state index in [0.717, 1.165) is 10.0 Å². The highest BCUT2D eigenvalue weighted by molar-refractivity contribution is 9.10. The van der Waals surface area contributed by atoms with Crippen LogP contribution in [0, 0.1) is 0 Å². The Morgan fingerprint density at radius 3 is 2.22 bits per heavy atom. The van der Waals surface area contributed by atoms with E-state index in [1.165, 1.54) is 0 Å². The molecule has 0 aromatic heterocycles. The Bertz CT molecular complexity index is 552. The highest BCUT2D eigenvalue weighted by atomic mass is 79.9. The molecule has 1 aromatic carbocycles. The normalized spacial score (nSPS) is 9.74. The van der Waals surface area contributed by atoms with Crippen LogP contribution >= 0.6 is 15.9 Å². The number of rotatable bonds is 6. The van der Waals surface area contributed by atoms with Crippen molar-refractivity contribution in [1.82, 2.24) is 10.6 Å². The van der Waals surface area contributed by atoms with E-state index in [9.17, 15) is 9.59 Å². The summed E-state index contributed by atoms with van der Waals surface area (Å²) >= 11 is 3.37. The average Bonchev–Trinajstić information content (AvgIpc) is 2.54. The van der Waals surface area contributed by atoms with Crippen molar-refractivity contribution in [3.05, 3.63) is 22.2 Å². The second kappa shape index (κ2) is 9.78. The molecular formula is C14H19BrN2O6. The first-order chi connectivity index (χ1) is 11.0. The van der Waals surface area contributed by atoms with Gasteiger partial charge in [0, 0.05) is 13.1 Å². The molecule has 0 radical (unpaired) electrons. The van der Waals surface area contributed by atoms with Gasteiger partial charge < -0.3 is 20.1 Å². The van der Waals surface area contributed by atoms with E-state index in [1.807, 2.05) is 0 Å². The van der Waals surface area contributed by atoms with Crippen LogP contribution in [-0.4, -0.2) is 39.5 Å². The maximum Gasteiger partial charge on any atom is 0.450 e.